The molecular formula is C44H30N2. The maximum absolute atomic E-state index is 5.37. The van der Waals surface area contributed by atoms with E-state index in [-0.39, 0.29) is 0 Å². The van der Waals surface area contributed by atoms with Crippen LogP contribution in [0.3, 0.4) is 0 Å². The third-order valence-corrected chi connectivity index (χ3v) is 9.57. The summed E-state index contributed by atoms with van der Waals surface area (Å²) in [5.74, 6) is 0. The molecule has 7 aromatic carbocycles. The van der Waals surface area contributed by atoms with Crippen LogP contribution in [-0.4, -0.2) is 9.97 Å². The molecule has 0 saturated heterocycles. The Labute approximate surface area is 267 Å². The van der Waals surface area contributed by atoms with Gasteiger partial charge in [-0.3, -0.25) is 4.98 Å². The van der Waals surface area contributed by atoms with Crippen molar-refractivity contribution >= 4 is 54.1 Å². The van der Waals surface area contributed by atoms with E-state index in [1.54, 1.807) is 0 Å². The number of aryl methyl sites for hydroxylation is 2. The van der Waals surface area contributed by atoms with Crippen LogP contribution in [0, 0.1) is 13.8 Å². The topological polar surface area (TPSA) is 25.8 Å². The largest absolute Gasteiger partial charge is 0.254 e. The Morgan fingerprint density at radius 2 is 0.978 bits per heavy atom. The summed E-state index contributed by atoms with van der Waals surface area (Å²) in [4.78, 5) is 10.1. The molecule has 2 heterocycles. The summed E-state index contributed by atoms with van der Waals surface area (Å²) in [5, 5.41) is 9.53. The highest BCUT2D eigenvalue weighted by atomic mass is 14.8. The quantitative estimate of drug-likeness (QED) is 0.152. The Morgan fingerprint density at radius 1 is 0.413 bits per heavy atom. The minimum absolute atomic E-state index is 0.932. The average Bonchev–Trinajstić information content (AvgIpc) is 3.11. The molecule has 0 fully saturated rings. The molecule has 9 aromatic rings. The van der Waals surface area contributed by atoms with Crippen LogP contribution in [0.4, 0.5) is 0 Å². The molecule has 2 heteroatoms. The number of pyridine rings is 2. The van der Waals surface area contributed by atoms with Crippen molar-refractivity contribution in [2.75, 3.05) is 0 Å². The smallest absolute Gasteiger partial charge is 0.0972 e. The van der Waals surface area contributed by atoms with E-state index in [0.29, 0.717) is 0 Å². The zero-order chi connectivity index (χ0) is 30.8. The van der Waals surface area contributed by atoms with E-state index in [0.717, 1.165) is 33.1 Å². The highest BCUT2D eigenvalue weighted by molar-refractivity contribution is 6.23. The molecule has 0 amide bonds. The standard InChI is InChI=1S/C44H30N2/c1-27-23-37-38(24-28(27)2)42(40-21-20-31-19-18-30-15-10-22-45-43(30)44(31)46-40)35-17-9-8-16-34(35)41(37)39-26-33-14-7-6-13-32(33)25-36(39)29-11-4-3-5-12-29/h3-26H,1-2H3. The lowest BCUT2D eigenvalue weighted by Crippen LogP contribution is -1.96. The van der Waals surface area contributed by atoms with E-state index in [1.807, 2.05) is 12.3 Å². The van der Waals surface area contributed by atoms with E-state index in [1.165, 1.54) is 65.7 Å². The van der Waals surface area contributed by atoms with Crippen molar-refractivity contribution in [1.82, 2.24) is 9.97 Å². The number of nitrogens with zero attached hydrogens (tertiary/aromatic N) is 2. The van der Waals surface area contributed by atoms with Crippen molar-refractivity contribution in [2.24, 2.45) is 0 Å². The number of aromatic nitrogens is 2. The molecular weight excluding hydrogens is 556 g/mol. The third-order valence-electron chi connectivity index (χ3n) is 9.57. The Kier molecular flexibility index (Phi) is 5.97. The van der Waals surface area contributed by atoms with Gasteiger partial charge in [0, 0.05) is 22.5 Å². The third kappa shape index (κ3) is 4.11. The van der Waals surface area contributed by atoms with Gasteiger partial charge in [0.25, 0.3) is 0 Å². The lowest BCUT2D eigenvalue weighted by atomic mass is 9.82. The second-order valence-corrected chi connectivity index (χ2v) is 12.3. The second-order valence-electron chi connectivity index (χ2n) is 12.3. The number of benzene rings is 7. The van der Waals surface area contributed by atoms with Gasteiger partial charge in [0.15, 0.2) is 0 Å². The molecule has 2 aromatic heterocycles. The molecule has 0 radical (unpaired) electrons. The van der Waals surface area contributed by atoms with Crippen LogP contribution >= 0.6 is 0 Å². The fourth-order valence-electron chi connectivity index (χ4n) is 7.17. The molecule has 0 bridgehead atoms. The van der Waals surface area contributed by atoms with Gasteiger partial charge in [0.2, 0.25) is 0 Å². The Morgan fingerprint density at radius 3 is 1.72 bits per heavy atom. The zero-order valence-electron chi connectivity index (χ0n) is 25.8. The van der Waals surface area contributed by atoms with Crippen LogP contribution in [0.5, 0.6) is 0 Å². The van der Waals surface area contributed by atoms with E-state index < -0.39 is 0 Å². The maximum atomic E-state index is 5.37. The van der Waals surface area contributed by atoms with Crippen LogP contribution in [0.15, 0.2) is 146 Å². The van der Waals surface area contributed by atoms with Gasteiger partial charge in [-0.15, -0.1) is 0 Å². The van der Waals surface area contributed by atoms with E-state index >= 15 is 0 Å². The van der Waals surface area contributed by atoms with Crippen molar-refractivity contribution in [3.63, 3.8) is 0 Å². The van der Waals surface area contributed by atoms with Crippen molar-refractivity contribution < 1.29 is 0 Å². The number of fused-ring (bicyclic) bond motifs is 6. The highest BCUT2D eigenvalue weighted by Gasteiger charge is 2.21. The molecule has 0 aliphatic carbocycles. The zero-order valence-corrected chi connectivity index (χ0v) is 25.8. The first kappa shape index (κ1) is 26.5. The number of hydrogen-bond acceptors (Lipinski definition) is 2. The monoisotopic (exact) mass is 586 g/mol. The van der Waals surface area contributed by atoms with E-state index in [9.17, 15) is 0 Å². The summed E-state index contributed by atoms with van der Waals surface area (Å²) >= 11 is 0. The van der Waals surface area contributed by atoms with Gasteiger partial charge >= 0.3 is 0 Å². The Hall–Kier alpha value is -5.86. The SMILES string of the molecule is Cc1cc2c(-c3ccc4ccc5cccnc5c4n3)c3ccccc3c(-c3cc4ccccc4cc3-c3ccccc3)c2cc1C. The number of hydrogen-bond donors (Lipinski definition) is 0. The molecule has 216 valence electrons. The summed E-state index contributed by atoms with van der Waals surface area (Å²) in [6.07, 6.45) is 1.86. The van der Waals surface area contributed by atoms with Crippen LogP contribution < -0.4 is 0 Å². The first-order valence-electron chi connectivity index (χ1n) is 15.8. The van der Waals surface area contributed by atoms with Crippen LogP contribution in [0.2, 0.25) is 0 Å². The van der Waals surface area contributed by atoms with Gasteiger partial charge in [-0.1, -0.05) is 115 Å². The van der Waals surface area contributed by atoms with Crippen LogP contribution in [0.1, 0.15) is 11.1 Å². The molecule has 0 spiro atoms. The first-order chi connectivity index (χ1) is 22.6. The number of rotatable bonds is 3. The molecule has 0 atom stereocenters. The van der Waals surface area contributed by atoms with Gasteiger partial charge in [-0.25, -0.2) is 4.98 Å². The van der Waals surface area contributed by atoms with Crippen LogP contribution in [-0.2, 0) is 0 Å². The second kappa shape index (κ2) is 10.4. The minimum Gasteiger partial charge on any atom is -0.254 e. The molecule has 0 N–H and O–H groups in total. The van der Waals surface area contributed by atoms with Crippen LogP contribution in [0.25, 0.3) is 87.6 Å². The fourth-order valence-corrected chi connectivity index (χ4v) is 7.17. The van der Waals surface area contributed by atoms with Gasteiger partial charge in [-0.2, -0.15) is 0 Å². The summed E-state index contributed by atoms with van der Waals surface area (Å²) in [6, 6.07) is 50.6. The molecule has 46 heavy (non-hydrogen) atoms. The van der Waals surface area contributed by atoms with Gasteiger partial charge in [0.05, 0.1) is 16.7 Å². The first-order valence-corrected chi connectivity index (χ1v) is 15.8. The normalized spacial score (nSPS) is 11.7. The minimum atomic E-state index is 0.932. The van der Waals surface area contributed by atoms with E-state index in [2.05, 4.69) is 147 Å². The lowest BCUT2D eigenvalue weighted by molar-refractivity contribution is 1.36. The molecule has 2 nitrogen and oxygen atoms in total. The lowest BCUT2D eigenvalue weighted by Gasteiger charge is -2.21. The highest BCUT2D eigenvalue weighted by Crippen LogP contribution is 2.47. The van der Waals surface area contributed by atoms with Gasteiger partial charge in [0.1, 0.15) is 0 Å². The van der Waals surface area contributed by atoms with Gasteiger partial charge in [-0.05, 0) is 104 Å². The van der Waals surface area contributed by atoms with Crippen molar-refractivity contribution in [1.29, 1.82) is 0 Å². The summed E-state index contributed by atoms with van der Waals surface area (Å²) in [5.41, 5.74) is 11.5. The Bertz CT molecular complexity index is 2650. The maximum Gasteiger partial charge on any atom is 0.0972 e. The van der Waals surface area contributed by atoms with Gasteiger partial charge < -0.3 is 0 Å². The summed E-state index contributed by atoms with van der Waals surface area (Å²) in [6.45, 7) is 4.43. The summed E-state index contributed by atoms with van der Waals surface area (Å²) < 4.78 is 0. The molecule has 0 saturated carbocycles. The molecule has 0 unspecified atom stereocenters. The molecule has 9 rings (SSSR count). The molecule has 0 aliphatic heterocycles. The average molecular weight is 587 g/mol. The van der Waals surface area contributed by atoms with Crippen molar-refractivity contribution in [2.45, 2.75) is 13.8 Å². The van der Waals surface area contributed by atoms with Crippen molar-refractivity contribution in [3.8, 4) is 33.5 Å². The predicted molar refractivity (Wildman–Crippen MR) is 195 cm³/mol. The summed E-state index contributed by atoms with van der Waals surface area (Å²) in [7, 11) is 0. The fraction of sp³-hybridized carbons (Fsp3) is 0.0455. The van der Waals surface area contributed by atoms with Crippen molar-refractivity contribution in [3.05, 3.63) is 157 Å². The predicted octanol–water partition coefficient (Wildman–Crippen LogP) is 11.9. The van der Waals surface area contributed by atoms with E-state index in [4.69, 9.17) is 9.97 Å². The molecule has 0 aliphatic rings. The Balaban J connectivity index is 1.44.